The fourth-order valence-electron chi connectivity index (χ4n) is 2.99. The summed E-state index contributed by atoms with van der Waals surface area (Å²) in [5, 5.41) is 13.7. The van der Waals surface area contributed by atoms with Gasteiger partial charge in [0.2, 0.25) is 0 Å². The van der Waals surface area contributed by atoms with Crippen LogP contribution in [0.5, 0.6) is 5.75 Å². The Labute approximate surface area is 197 Å². The molecule has 32 heavy (non-hydrogen) atoms. The van der Waals surface area contributed by atoms with Crippen molar-refractivity contribution in [2.75, 3.05) is 12.0 Å². The summed E-state index contributed by atoms with van der Waals surface area (Å²) < 4.78 is 5.21. The maximum absolute atomic E-state index is 13.2. The monoisotopic (exact) mass is 485 g/mol. The molecule has 4 rings (SSSR count). The number of aliphatic imine (C=N–C) groups is 1. The summed E-state index contributed by atoms with van der Waals surface area (Å²) in [6.45, 7) is 0. The number of nitrogens with zero attached hydrogens (tertiary/aromatic N) is 3. The molecule has 1 aromatic heterocycles. The van der Waals surface area contributed by atoms with Crippen molar-refractivity contribution in [1.29, 1.82) is 0 Å². The molecule has 0 N–H and O–H groups in total. The summed E-state index contributed by atoms with van der Waals surface area (Å²) in [5.41, 5.74) is 1.80. The van der Waals surface area contributed by atoms with Gasteiger partial charge in [0, 0.05) is 22.8 Å². The Morgan fingerprint density at radius 1 is 1.25 bits per heavy atom. The van der Waals surface area contributed by atoms with Crippen molar-refractivity contribution in [3.05, 3.63) is 91.3 Å². The molecule has 1 amide bonds. The van der Waals surface area contributed by atoms with E-state index in [1.165, 1.54) is 47.2 Å². The zero-order valence-corrected chi connectivity index (χ0v) is 19.1. The van der Waals surface area contributed by atoms with Crippen LogP contribution in [0.3, 0.4) is 0 Å². The zero-order chi connectivity index (χ0) is 22.7. The first kappa shape index (κ1) is 22.1. The topological polar surface area (TPSA) is 85.0 Å². The summed E-state index contributed by atoms with van der Waals surface area (Å²) in [6, 6.07) is 15.2. The lowest BCUT2D eigenvalue weighted by Crippen LogP contribution is -2.30. The van der Waals surface area contributed by atoms with E-state index in [-0.39, 0.29) is 11.6 Å². The van der Waals surface area contributed by atoms with Gasteiger partial charge in [-0.3, -0.25) is 19.8 Å². The molecule has 0 unspecified atom stereocenters. The second kappa shape index (κ2) is 9.56. The number of amidine groups is 1. The Bertz CT molecular complexity index is 1220. The number of methoxy groups -OCH3 is 1. The molecule has 0 radical (unpaired) electrons. The third-order valence-corrected chi connectivity index (χ3v) is 6.68. The van der Waals surface area contributed by atoms with Crippen LogP contribution in [0.15, 0.2) is 70.7 Å². The Morgan fingerprint density at radius 2 is 2.03 bits per heavy atom. The smallest absolute Gasteiger partial charge is 0.283 e. The van der Waals surface area contributed by atoms with Gasteiger partial charge in [0.25, 0.3) is 11.6 Å². The van der Waals surface area contributed by atoms with Gasteiger partial charge in [-0.25, -0.2) is 4.99 Å². The van der Waals surface area contributed by atoms with Crippen molar-refractivity contribution in [2.24, 2.45) is 4.99 Å². The molecule has 7 nitrogen and oxygen atoms in total. The minimum atomic E-state index is -0.437. The van der Waals surface area contributed by atoms with Gasteiger partial charge in [-0.1, -0.05) is 41.6 Å². The molecule has 0 atom stereocenters. The average Bonchev–Trinajstić information content (AvgIpc) is 3.41. The number of rotatable bonds is 6. The number of anilines is 1. The zero-order valence-electron chi connectivity index (χ0n) is 16.7. The number of halogens is 1. The van der Waals surface area contributed by atoms with E-state index in [0.29, 0.717) is 33.1 Å². The number of amides is 1. The van der Waals surface area contributed by atoms with Crippen LogP contribution in [-0.4, -0.2) is 23.1 Å². The van der Waals surface area contributed by atoms with Gasteiger partial charge in [-0.05, 0) is 41.3 Å². The van der Waals surface area contributed by atoms with E-state index in [4.69, 9.17) is 16.3 Å². The summed E-state index contributed by atoms with van der Waals surface area (Å²) in [7, 11) is 1.52. The summed E-state index contributed by atoms with van der Waals surface area (Å²) in [5.74, 6) is 0.732. The SMILES string of the molecule is COc1ccc(N2C(=O)/C(=C/c3cccs3)N=C2SCc2ccc([N+](=O)[O-])cc2)cc1Cl. The van der Waals surface area contributed by atoms with Gasteiger partial charge in [-0.2, -0.15) is 0 Å². The predicted octanol–water partition coefficient (Wildman–Crippen LogP) is 6.00. The Kier molecular flexibility index (Phi) is 6.59. The van der Waals surface area contributed by atoms with Gasteiger partial charge in [0.1, 0.15) is 11.4 Å². The quantitative estimate of drug-likeness (QED) is 0.243. The van der Waals surface area contributed by atoms with Crippen LogP contribution in [0.25, 0.3) is 6.08 Å². The van der Waals surface area contributed by atoms with E-state index in [9.17, 15) is 14.9 Å². The first-order valence-corrected chi connectivity index (χ1v) is 11.6. The van der Waals surface area contributed by atoms with E-state index >= 15 is 0 Å². The molecular weight excluding hydrogens is 470 g/mol. The van der Waals surface area contributed by atoms with Crippen molar-refractivity contribution in [3.8, 4) is 5.75 Å². The largest absolute Gasteiger partial charge is 0.495 e. The van der Waals surface area contributed by atoms with E-state index in [2.05, 4.69) is 4.99 Å². The van der Waals surface area contributed by atoms with E-state index in [0.717, 1.165) is 10.4 Å². The fraction of sp³-hybridized carbons (Fsp3) is 0.0909. The Morgan fingerprint density at radius 3 is 2.66 bits per heavy atom. The number of ether oxygens (including phenoxy) is 1. The molecular formula is C22H16ClN3O4S2. The van der Waals surface area contributed by atoms with Gasteiger partial charge in [-0.15, -0.1) is 11.3 Å². The van der Waals surface area contributed by atoms with E-state index in [1.54, 1.807) is 36.4 Å². The molecule has 1 aliphatic rings. The highest BCUT2D eigenvalue weighted by Crippen LogP contribution is 2.35. The minimum absolute atomic E-state index is 0.0304. The van der Waals surface area contributed by atoms with Gasteiger partial charge >= 0.3 is 0 Å². The van der Waals surface area contributed by atoms with Crippen molar-refractivity contribution in [3.63, 3.8) is 0 Å². The predicted molar refractivity (Wildman–Crippen MR) is 130 cm³/mol. The van der Waals surface area contributed by atoms with E-state index in [1.807, 2.05) is 17.5 Å². The number of thioether (sulfide) groups is 1. The molecule has 0 bridgehead atoms. The number of hydrogen-bond acceptors (Lipinski definition) is 7. The molecule has 0 spiro atoms. The number of thiophene rings is 1. The van der Waals surface area contributed by atoms with Crippen LogP contribution in [0.4, 0.5) is 11.4 Å². The van der Waals surface area contributed by atoms with Crippen molar-refractivity contribution in [2.45, 2.75) is 5.75 Å². The summed E-state index contributed by atoms with van der Waals surface area (Å²) >= 11 is 9.17. The second-order valence-electron chi connectivity index (χ2n) is 6.61. The van der Waals surface area contributed by atoms with Gasteiger partial charge in [0.05, 0.1) is 22.7 Å². The lowest BCUT2D eigenvalue weighted by Gasteiger charge is -2.18. The van der Waals surface area contributed by atoms with Gasteiger partial charge < -0.3 is 4.74 Å². The fourth-order valence-corrected chi connectivity index (χ4v) is 4.86. The van der Waals surface area contributed by atoms with Crippen molar-refractivity contribution < 1.29 is 14.5 Å². The number of carbonyl (C=O) groups is 1. The van der Waals surface area contributed by atoms with Crippen LogP contribution in [0, 0.1) is 10.1 Å². The third kappa shape index (κ3) is 4.69. The standard InChI is InChI=1S/C22H16ClN3O4S2/c1-30-20-9-8-16(11-18(20)23)25-21(27)19(12-17-3-2-10-31-17)24-22(25)32-13-14-4-6-15(7-5-14)26(28)29/h2-12H,13H2,1H3/b19-12-. The molecule has 10 heteroatoms. The van der Waals surface area contributed by atoms with Gasteiger partial charge in [0.15, 0.2) is 5.17 Å². The Balaban J connectivity index is 1.64. The van der Waals surface area contributed by atoms with Crippen LogP contribution in [0.1, 0.15) is 10.4 Å². The lowest BCUT2D eigenvalue weighted by molar-refractivity contribution is -0.384. The van der Waals surface area contributed by atoms with Crippen LogP contribution >= 0.6 is 34.7 Å². The number of nitro groups is 1. The van der Waals surface area contributed by atoms with Crippen LogP contribution in [0.2, 0.25) is 5.02 Å². The van der Waals surface area contributed by atoms with Crippen molar-refractivity contribution in [1.82, 2.24) is 0 Å². The van der Waals surface area contributed by atoms with Crippen LogP contribution in [-0.2, 0) is 10.5 Å². The van der Waals surface area contributed by atoms with Crippen molar-refractivity contribution >= 4 is 63.2 Å². The maximum Gasteiger partial charge on any atom is 0.283 e. The first-order valence-electron chi connectivity index (χ1n) is 9.34. The first-order chi connectivity index (χ1) is 15.5. The number of hydrogen-bond donors (Lipinski definition) is 0. The summed E-state index contributed by atoms with van der Waals surface area (Å²) in [6.07, 6.45) is 1.75. The molecule has 2 aromatic carbocycles. The van der Waals surface area contributed by atoms with Crippen LogP contribution < -0.4 is 9.64 Å². The molecule has 0 fully saturated rings. The number of nitro benzene ring substituents is 1. The Hall–Kier alpha value is -3.14. The highest BCUT2D eigenvalue weighted by molar-refractivity contribution is 8.13. The highest BCUT2D eigenvalue weighted by Gasteiger charge is 2.32. The average molecular weight is 486 g/mol. The molecule has 162 valence electrons. The molecule has 2 heterocycles. The minimum Gasteiger partial charge on any atom is -0.495 e. The molecule has 3 aromatic rings. The molecule has 0 saturated carbocycles. The highest BCUT2D eigenvalue weighted by atomic mass is 35.5. The maximum atomic E-state index is 13.2. The lowest BCUT2D eigenvalue weighted by atomic mass is 10.2. The third-order valence-electron chi connectivity index (χ3n) is 4.56. The summed E-state index contributed by atoms with van der Waals surface area (Å²) in [4.78, 5) is 30.7. The van der Waals surface area contributed by atoms with E-state index < -0.39 is 4.92 Å². The molecule has 0 aliphatic carbocycles. The second-order valence-corrected chi connectivity index (χ2v) is 8.94. The number of benzene rings is 2. The molecule has 0 saturated heterocycles. The molecule has 1 aliphatic heterocycles. The number of non-ortho nitro benzene ring substituents is 1. The number of carbonyl (C=O) groups excluding carboxylic acids is 1. The normalized spacial score (nSPS) is 14.7.